The molecule has 0 N–H and O–H groups in total. The van der Waals surface area contributed by atoms with Gasteiger partial charge in [-0.2, -0.15) is 0 Å². The molecule has 5 heterocycles. The Morgan fingerprint density at radius 3 is 1.23 bits per heavy atom. The van der Waals surface area contributed by atoms with Crippen molar-refractivity contribution in [3.05, 3.63) is 231 Å². The Labute approximate surface area is 400 Å². The van der Waals surface area contributed by atoms with Gasteiger partial charge >= 0.3 is 0 Å². The first-order chi connectivity index (χ1) is 34.7. The Balaban J connectivity index is 0.995. The van der Waals surface area contributed by atoms with Crippen molar-refractivity contribution in [2.24, 2.45) is 0 Å². The Kier molecular flexibility index (Phi) is 8.23. The Morgan fingerprint density at radius 1 is 0.271 bits per heavy atom. The van der Waals surface area contributed by atoms with Crippen LogP contribution in [0.3, 0.4) is 0 Å². The van der Waals surface area contributed by atoms with Gasteiger partial charge in [-0.1, -0.05) is 133 Å². The van der Waals surface area contributed by atoms with Gasteiger partial charge in [0, 0.05) is 71.5 Å². The molecule has 70 heavy (non-hydrogen) atoms. The zero-order chi connectivity index (χ0) is 45.9. The number of benzene rings is 10. The van der Waals surface area contributed by atoms with Gasteiger partial charge in [0.15, 0.2) is 17.5 Å². The van der Waals surface area contributed by atoms with Crippen molar-refractivity contribution in [2.45, 2.75) is 0 Å². The highest BCUT2D eigenvalue weighted by molar-refractivity contribution is 6.24. The molecule has 0 unspecified atom stereocenters. The molecule has 0 aliphatic rings. The van der Waals surface area contributed by atoms with Crippen LogP contribution in [0.25, 0.3) is 139 Å². The van der Waals surface area contributed by atoms with Gasteiger partial charge in [0.05, 0.1) is 38.5 Å². The van der Waals surface area contributed by atoms with Crippen molar-refractivity contribution in [1.82, 2.24) is 28.7 Å². The molecular weight excluding hydrogens is 857 g/mol. The molecule has 10 aromatic carbocycles. The summed E-state index contributed by atoms with van der Waals surface area (Å²) in [6, 6.07) is 81.2. The van der Waals surface area contributed by atoms with Crippen molar-refractivity contribution >= 4 is 87.4 Å². The van der Waals surface area contributed by atoms with Gasteiger partial charge in [-0.3, -0.25) is 0 Å². The van der Waals surface area contributed by atoms with Crippen molar-refractivity contribution < 1.29 is 4.42 Å². The fourth-order valence-electron chi connectivity index (χ4n) is 11.1. The number of rotatable bonds is 6. The average Bonchev–Trinajstić information content (AvgIpc) is 4.18. The summed E-state index contributed by atoms with van der Waals surface area (Å²) >= 11 is 0. The standard InChI is InChI=1S/C63H38N6O/c1-3-17-40(18-4-1)67-52-29-11-7-21-43(52)46-25-15-27-50(58(46)67)62-64-61(65-63(66-62)51-28-16-26-47-44-22-8-12-30-53(44)68(59(47)51)41-19-5-2-6-20-41)39-33-35-42(36-34-39)69-54-31-13-9-23-45(54)48-37-38-56-57(60(48)69)49-24-10-14-32-55(49)70-56/h1-38H. The molecule has 0 aliphatic carbocycles. The van der Waals surface area contributed by atoms with Crippen LogP contribution in [0.1, 0.15) is 0 Å². The molecule has 0 fully saturated rings. The van der Waals surface area contributed by atoms with E-state index < -0.39 is 0 Å². The van der Waals surface area contributed by atoms with Crippen LogP contribution >= 0.6 is 0 Å². The molecule has 0 spiro atoms. The third-order valence-electron chi connectivity index (χ3n) is 14.1. The summed E-state index contributed by atoms with van der Waals surface area (Å²) in [6.45, 7) is 0. The molecule has 7 heteroatoms. The highest BCUT2D eigenvalue weighted by Gasteiger charge is 2.24. The van der Waals surface area contributed by atoms with E-state index in [1.54, 1.807) is 0 Å². The van der Waals surface area contributed by atoms with Gasteiger partial charge in [0.1, 0.15) is 11.2 Å². The lowest BCUT2D eigenvalue weighted by Crippen LogP contribution is -2.03. The maximum absolute atomic E-state index is 6.43. The molecule has 0 amide bonds. The lowest BCUT2D eigenvalue weighted by atomic mass is 10.1. The molecule has 0 saturated heterocycles. The highest BCUT2D eigenvalue weighted by atomic mass is 16.3. The molecule has 7 nitrogen and oxygen atoms in total. The number of aromatic nitrogens is 6. The fraction of sp³-hybridized carbons (Fsp3) is 0. The number of para-hydroxylation sites is 8. The number of fused-ring (bicyclic) bond motifs is 13. The van der Waals surface area contributed by atoms with Gasteiger partial charge in [0.2, 0.25) is 0 Å². The first-order valence-electron chi connectivity index (χ1n) is 23.6. The molecule has 0 atom stereocenters. The fourth-order valence-corrected chi connectivity index (χ4v) is 11.1. The molecule has 0 radical (unpaired) electrons. The third-order valence-corrected chi connectivity index (χ3v) is 14.1. The minimum Gasteiger partial charge on any atom is -0.456 e. The van der Waals surface area contributed by atoms with Crippen LogP contribution in [0, 0.1) is 0 Å². The zero-order valence-electron chi connectivity index (χ0n) is 37.5. The predicted molar refractivity (Wildman–Crippen MR) is 286 cm³/mol. The minimum absolute atomic E-state index is 0.579. The number of hydrogen-bond acceptors (Lipinski definition) is 4. The smallest absolute Gasteiger partial charge is 0.166 e. The van der Waals surface area contributed by atoms with Crippen molar-refractivity contribution in [1.29, 1.82) is 0 Å². The van der Waals surface area contributed by atoms with Gasteiger partial charge in [-0.15, -0.1) is 0 Å². The number of furan rings is 1. The quantitative estimate of drug-likeness (QED) is 0.167. The molecule has 0 aliphatic heterocycles. The van der Waals surface area contributed by atoms with Crippen LogP contribution < -0.4 is 0 Å². The van der Waals surface area contributed by atoms with E-state index in [0.717, 1.165) is 110 Å². The summed E-state index contributed by atoms with van der Waals surface area (Å²) in [4.78, 5) is 16.4. The van der Waals surface area contributed by atoms with Crippen LogP contribution in [-0.4, -0.2) is 28.7 Å². The molecule has 5 aromatic heterocycles. The van der Waals surface area contributed by atoms with E-state index in [0.29, 0.717) is 17.5 Å². The molecule has 15 rings (SSSR count). The summed E-state index contributed by atoms with van der Waals surface area (Å²) in [7, 11) is 0. The maximum atomic E-state index is 6.43. The van der Waals surface area contributed by atoms with Crippen LogP contribution in [0.2, 0.25) is 0 Å². The predicted octanol–water partition coefficient (Wildman–Crippen LogP) is 16.1. The van der Waals surface area contributed by atoms with E-state index >= 15 is 0 Å². The van der Waals surface area contributed by atoms with Gasteiger partial charge in [0.25, 0.3) is 0 Å². The van der Waals surface area contributed by atoms with Crippen LogP contribution in [0.15, 0.2) is 235 Å². The van der Waals surface area contributed by atoms with E-state index in [1.165, 1.54) is 10.8 Å². The Hall–Kier alpha value is -9.59. The average molecular weight is 895 g/mol. The normalized spacial score (nSPS) is 12.0. The summed E-state index contributed by atoms with van der Waals surface area (Å²) in [5.74, 6) is 1.76. The SMILES string of the molecule is c1ccc(-n2c3ccccc3c3cccc(-c4nc(-c5ccc(-n6c7ccccc7c7ccc8oc9ccccc9c8c76)cc5)nc(-c5cccc6c7ccccc7n(-c7ccccc7)c56)n4)c32)cc1. The van der Waals surface area contributed by atoms with Crippen LogP contribution in [0.4, 0.5) is 0 Å². The maximum Gasteiger partial charge on any atom is 0.166 e. The Bertz CT molecular complexity index is 4400. The van der Waals surface area contributed by atoms with Crippen LogP contribution in [-0.2, 0) is 0 Å². The molecule has 326 valence electrons. The largest absolute Gasteiger partial charge is 0.456 e. The van der Waals surface area contributed by atoms with E-state index in [1.807, 2.05) is 12.1 Å². The lowest BCUT2D eigenvalue weighted by molar-refractivity contribution is 0.669. The topological polar surface area (TPSA) is 66.6 Å². The summed E-state index contributed by atoms with van der Waals surface area (Å²) in [5.41, 5.74) is 14.1. The number of hydrogen-bond donors (Lipinski definition) is 0. The van der Waals surface area contributed by atoms with Crippen molar-refractivity contribution in [2.75, 3.05) is 0 Å². The molecular formula is C63H38N6O. The molecule has 0 saturated carbocycles. The van der Waals surface area contributed by atoms with E-state index in [2.05, 4.69) is 232 Å². The minimum atomic E-state index is 0.579. The van der Waals surface area contributed by atoms with Crippen molar-refractivity contribution in [3.63, 3.8) is 0 Å². The summed E-state index contributed by atoms with van der Waals surface area (Å²) < 4.78 is 13.5. The van der Waals surface area contributed by atoms with E-state index in [9.17, 15) is 0 Å². The number of nitrogens with zero attached hydrogens (tertiary/aromatic N) is 6. The lowest BCUT2D eigenvalue weighted by Gasteiger charge is -2.14. The van der Waals surface area contributed by atoms with Gasteiger partial charge in [-0.25, -0.2) is 15.0 Å². The molecule has 0 bridgehead atoms. The highest BCUT2D eigenvalue weighted by Crippen LogP contribution is 2.43. The second-order valence-corrected chi connectivity index (χ2v) is 17.9. The molecule has 15 aromatic rings. The first kappa shape index (κ1) is 38.5. The Morgan fingerprint density at radius 2 is 0.686 bits per heavy atom. The third kappa shape index (κ3) is 5.60. The van der Waals surface area contributed by atoms with Crippen LogP contribution in [0.5, 0.6) is 0 Å². The van der Waals surface area contributed by atoms with E-state index in [-0.39, 0.29) is 0 Å². The van der Waals surface area contributed by atoms with Gasteiger partial charge in [-0.05, 0) is 97.1 Å². The summed E-state index contributed by atoms with van der Waals surface area (Å²) in [6.07, 6.45) is 0. The van der Waals surface area contributed by atoms with E-state index in [4.69, 9.17) is 19.4 Å². The second kappa shape index (κ2) is 15.0. The zero-order valence-corrected chi connectivity index (χ0v) is 37.5. The summed E-state index contributed by atoms with van der Waals surface area (Å²) in [5, 5.41) is 9.14. The second-order valence-electron chi connectivity index (χ2n) is 17.9. The monoisotopic (exact) mass is 894 g/mol. The van der Waals surface area contributed by atoms with Gasteiger partial charge < -0.3 is 18.1 Å². The first-order valence-corrected chi connectivity index (χ1v) is 23.6. The van der Waals surface area contributed by atoms with Crippen molar-refractivity contribution in [3.8, 4) is 51.2 Å².